The Balaban J connectivity index is 1.20. The Labute approximate surface area is 225 Å². The molecular weight excluding hydrogens is 509 g/mol. The summed E-state index contributed by atoms with van der Waals surface area (Å²) in [6, 6.07) is 11.5. The van der Waals surface area contributed by atoms with E-state index in [0.29, 0.717) is 33.1 Å². The molecule has 4 aromatic rings. The first-order valence-electron chi connectivity index (χ1n) is 12.6. The van der Waals surface area contributed by atoms with Gasteiger partial charge in [-0.3, -0.25) is 0 Å². The van der Waals surface area contributed by atoms with Crippen LogP contribution in [0, 0.1) is 5.92 Å². The molecule has 37 heavy (non-hydrogen) atoms. The van der Waals surface area contributed by atoms with E-state index in [9.17, 15) is 9.90 Å². The van der Waals surface area contributed by atoms with Crippen molar-refractivity contribution in [1.29, 1.82) is 0 Å². The molecule has 1 aliphatic carbocycles. The van der Waals surface area contributed by atoms with Gasteiger partial charge in [-0.05, 0) is 61.9 Å². The monoisotopic (exact) mass is 535 g/mol. The van der Waals surface area contributed by atoms with Crippen LogP contribution in [0.1, 0.15) is 53.3 Å². The maximum Gasteiger partial charge on any atom is 0.337 e. The summed E-state index contributed by atoms with van der Waals surface area (Å²) in [4.78, 5) is 13.9. The first-order valence-corrected chi connectivity index (χ1v) is 13.4. The minimum Gasteiger partial charge on any atom is -0.478 e. The van der Waals surface area contributed by atoms with E-state index in [1.54, 1.807) is 6.20 Å². The van der Waals surface area contributed by atoms with Crippen molar-refractivity contribution < 1.29 is 14.4 Å². The Kier molecular flexibility index (Phi) is 6.25. The zero-order chi connectivity index (χ0) is 25.7. The van der Waals surface area contributed by atoms with Crippen LogP contribution in [-0.2, 0) is 7.05 Å². The maximum absolute atomic E-state index is 11.5. The highest BCUT2D eigenvalue weighted by Crippen LogP contribution is 2.46. The molecule has 8 heteroatoms. The maximum atomic E-state index is 11.5. The largest absolute Gasteiger partial charge is 0.478 e. The van der Waals surface area contributed by atoms with Crippen LogP contribution in [0.4, 0.5) is 5.69 Å². The van der Waals surface area contributed by atoms with Gasteiger partial charge in [0.1, 0.15) is 11.5 Å². The van der Waals surface area contributed by atoms with Gasteiger partial charge in [0, 0.05) is 54.5 Å². The highest BCUT2D eigenvalue weighted by molar-refractivity contribution is 6.39. The molecule has 6 rings (SSSR count). The Morgan fingerprint density at radius 2 is 1.84 bits per heavy atom. The summed E-state index contributed by atoms with van der Waals surface area (Å²) < 4.78 is 7.68. The quantitative estimate of drug-likeness (QED) is 0.274. The molecular formula is C29H27Cl2N3O3. The van der Waals surface area contributed by atoms with Gasteiger partial charge in [0.15, 0.2) is 0 Å². The van der Waals surface area contributed by atoms with Crippen LogP contribution >= 0.6 is 23.2 Å². The molecule has 1 N–H and O–H groups in total. The van der Waals surface area contributed by atoms with Crippen LogP contribution < -0.4 is 4.90 Å². The predicted octanol–water partition coefficient (Wildman–Crippen LogP) is 7.65. The number of carbonyl (C=O) groups is 1. The number of aromatic carboxylic acids is 1. The molecule has 0 bridgehead atoms. The van der Waals surface area contributed by atoms with E-state index in [1.807, 2.05) is 41.9 Å². The SMILES string of the molecule is Cn1cc(C(=O)O)c2ccc(N3CCC(/C=C/c4c(-c5c(Cl)cccc5Cl)noc4C4CC4)CC3)cc21. The average Bonchev–Trinajstić information content (AvgIpc) is 3.57. The van der Waals surface area contributed by atoms with Crippen LogP contribution in [0.15, 0.2) is 53.2 Å². The number of halogens is 2. The van der Waals surface area contributed by atoms with Gasteiger partial charge in [-0.2, -0.15) is 0 Å². The smallest absolute Gasteiger partial charge is 0.337 e. The third-order valence-electron chi connectivity index (χ3n) is 7.55. The van der Waals surface area contributed by atoms with Crippen molar-refractivity contribution in [2.24, 2.45) is 13.0 Å². The summed E-state index contributed by atoms with van der Waals surface area (Å²) in [6.45, 7) is 1.86. The lowest BCUT2D eigenvalue weighted by molar-refractivity contribution is 0.0699. The van der Waals surface area contributed by atoms with Crippen molar-refractivity contribution in [2.45, 2.75) is 31.6 Å². The molecule has 0 amide bonds. The van der Waals surface area contributed by atoms with Gasteiger partial charge in [-0.1, -0.05) is 46.6 Å². The van der Waals surface area contributed by atoms with Crippen molar-refractivity contribution in [1.82, 2.24) is 9.72 Å². The molecule has 1 aliphatic heterocycles. The van der Waals surface area contributed by atoms with Gasteiger partial charge in [0.05, 0.1) is 21.1 Å². The second kappa shape index (κ2) is 9.58. The molecule has 0 unspecified atom stereocenters. The van der Waals surface area contributed by atoms with Crippen molar-refractivity contribution in [2.75, 3.05) is 18.0 Å². The number of aryl methyl sites for hydroxylation is 1. The zero-order valence-electron chi connectivity index (χ0n) is 20.5. The van der Waals surface area contributed by atoms with Crippen molar-refractivity contribution in [3.63, 3.8) is 0 Å². The third-order valence-corrected chi connectivity index (χ3v) is 8.18. The van der Waals surface area contributed by atoms with Crippen molar-refractivity contribution >= 4 is 51.8 Å². The van der Waals surface area contributed by atoms with Crippen molar-refractivity contribution in [3.05, 3.63) is 75.6 Å². The number of carboxylic acids is 1. The number of nitrogens with zero attached hydrogens (tertiary/aromatic N) is 3. The topological polar surface area (TPSA) is 71.5 Å². The summed E-state index contributed by atoms with van der Waals surface area (Å²) in [5, 5.41) is 15.8. The van der Waals surface area contributed by atoms with E-state index in [2.05, 4.69) is 28.3 Å². The minimum absolute atomic E-state index is 0.338. The number of piperidine rings is 1. The number of allylic oxidation sites excluding steroid dienone is 1. The summed E-state index contributed by atoms with van der Waals surface area (Å²) in [7, 11) is 1.89. The summed E-state index contributed by atoms with van der Waals surface area (Å²) in [5.41, 5.74) is 4.82. The number of anilines is 1. The van der Waals surface area contributed by atoms with E-state index >= 15 is 0 Å². The fraction of sp³-hybridized carbons (Fsp3) is 0.310. The number of rotatable bonds is 6. The molecule has 3 heterocycles. The van der Waals surface area contributed by atoms with Crippen molar-refractivity contribution in [3.8, 4) is 11.3 Å². The fourth-order valence-electron chi connectivity index (χ4n) is 5.34. The van der Waals surface area contributed by atoms with Gasteiger partial charge in [-0.15, -0.1) is 0 Å². The van der Waals surface area contributed by atoms with E-state index in [-0.39, 0.29) is 0 Å². The standard InChI is InChI=1S/C29H27Cl2N3O3/c1-33-16-22(29(35)36)20-10-8-19(15-25(20)33)34-13-11-17(12-14-34)5-9-21-27(32-37-28(21)18-6-7-18)26-23(30)3-2-4-24(26)31/h2-5,8-10,15-18H,6-7,11-14H2,1H3,(H,35,36)/b9-5+. The van der Waals surface area contributed by atoms with Gasteiger partial charge < -0.3 is 19.1 Å². The molecule has 2 aliphatic rings. The average molecular weight is 536 g/mol. The number of hydrogen-bond donors (Lipinski definition) is 1. The lowest BCUT2D eigenvalue weighted by Gasteiger charge is -2.32. The molecule has 1 saturated carbocycles. The van der Waals surface area contributed by atoms with Gasteiger partial charge in [0.2, 0.25) is 0 Å². The molecule has 6 nitrogen and oxygen atoms in total. The molecule has 2 aromatic heterocycles. The van der Waals surface area contributed by atoms with Crippen LogP contribution in [0.2, 0.25) is 10.0 Å². The lowest BCUT2D eigenvalue weighted by atomic mass is 9.94. The molecule has 190 valence electrons. The third kappa shape index (κ3) is 4.53. The number of benzene rings is 2. The Morgan fingerprint density at radius 3 is 2.51 bits per heavy atom. The van der Waals surface area contributed by atoms with Crippen LogP contribution in [0.5, 0.6) is 0 Å². The lowest BCUT2D eigenvalue weighted by Crippen LogP contribution is -2.33. The second-order valence-corrected chi connectivity index (χ2v) is 10.8. The first kappa shape index (κ1) is 24.1. The summed E-state index contributed by atoms with van der Waals surface area (Å²) in [5.74, 6) is 0.878. The van der Waals surface area contributed by atoms with E-state index in [0.717, 1.165) is 72.3 Å². The van der Waals surface area contributed by atoms with E-state index in [1.165, 1.54) is 0 Å². The number of hydrogen-bond acceptors (Lipinski definition) is 4. The molecule has 2 fully saturated rings. The fourth-order valence-corrected chi connectivity index (χ4v) is 5.91. The highest BCUT2D eigenvalue weighted by Gasteiger charge is 2.32. The molecule has 0 spiro atoms. The van der Waals surface area contributed by atoms with Crippen LogP contribution in [0.25, 0.3) is 28.2 Å². The van der Waals surface area contributed by atoms with E-state index < -0.39 is 5.97 Å². The molecule has 0 atom stereocenters. The predicted molar refractivity (Wildman–Crippen MR) is 148 cm³/mol. The highest BCUT2D eigenvalue weighted by atomic mass is 35.5. The molecule has 0 radical (unpaired) electrons. The minimum atomic E-state index is -0.899. The Bertz CT molecular complexity index is 1500. The summed E-state index contributed by atoms with van der Waals surface area (Å²) >= 11 is 13.0. The normalized spacial score (nSPS) is 16.8. The molecule has 2 aromatic carbocycles. The second-order valence-electron chi connectivity index (χ2n) is 10.0. The Hall–Kier alpha value is -3.22. The zero-order valence-corrected chi connectivity index (χ0v) is 22.0. The number of fused-ring (bicyclic) bond motifs is 1. The molecule has 1 saturated heterocycles. The Morgan fingerprint density at radius 1 is 1.11 bits per heavy atom. The number of carboxylic acid groups (broad SMARTS) is 1. The number of aromatic nitrogens is 2. The van der Waals surface area contributed by atoms with Gasteiger partial charge in [0.25, 0.3) is 0 Å². The van der Waals surface area contributed by atoms with E-state index in [4.69, 9.17) is 27.7 Å². The van der Waals surface area contributed by atoms with Gasteiger partial charge in [-0.25, -0.2) is 4.79 Å². The van der Waals surface area contributed by atoms with Crippen LogP contribution in [-0.4, -0.2) is 33.9 Å². The first-order chi connectivity index (χ1) is 17.9. The summed E-state index contributed by atoms with van der Waals surface area (Å²) in [6.07, 6.45) is 10.4. The van der Waals surface area contributed by atoms with Gasteiger partial charge >= 0.3 is 5.97 Å². The van der Waals surface area contributed by atoms with Crippen LogP contribution in [0.3, 0.4) is 0 Å².